The molecule has 0 aromatic heterocycles. The summed E-state index contributed by atoms with van der Waals surface area (Å²) < 4.78 is 27.8. The zero-order valence-corrected chi connectivity index (χ0v) is 17.4. The first-order chi connectivity index (χ1) is 12.6. The maximum absolute atomic E-state index is 10.7. The molecule has 0 aromatic carbocycles. The maximum Gasteiger partial charge on any atom is 0 e. The molecule has 0 fully saturated rings. The molecule has 3 radical (unpaired) electrons. The minimum Gasteiger partial charge on any atom is 0 e. The molecule has 0 aliphatic rings. The van der Waals surface area contributed by atoms with Crippen LogP contribution in [-0.4, -0.2) is 23.3 Å². The van der Waals surface area contributed by atoms with E-state index in [1.807, 2.05) is 6.42 Å². The van der Waals surface area contributed by atoms with Gasteiger partial charge in [-0.2, -0.15) is 0 Å². The third-order valence-corrected chi connectivity index (χ3v) is 3.44. The smallest absolute Gasteiger partial charge is 0 e. The average Bonchev–Trinajstić information content (AvgIpc) is 2.67. The van der Waals surface area contributed by atoms with Crippen LogP contribution in [0, 0.1) is 39.2 Å². The average molecular weight is 422 g/mol. The Labute approximate surface area is 175 Å². The summed E-state index contributed by atoms with van der Waals surface area (Å²) in [4.78, 5) is 10.7. The van der Waals surface area contributed by atoms with Gasteiger partial charge in [0.1, 0.15) is 0 Å². The van der Waals surface area contributed by atoms with Gasteiger partial charge in [0.2, 0.25) is 0 Å². The third kappa shape index (κ3) is 27.5. The fourth-order valence-corrected chi connectivity index (χ4v) is 2.25. The molecule has 0 heterocycles. The van der Waals surface area contributed by atoms with Crippen LogP contribution >= 0.6 is 0 Å². The number of ether oxygens (including phenoxy) is 1. The minimum absolute atomic E-state index is 0. The molecule has 7 heteroatoms. The van der Waals surface area contributed by atoms with Crippen molar-refractivity contribution < 1.29 is 45.7 Å². The summed E-state index contributed by atoms with van der Waals surface area (Å²) in [5.41, 5.74) is -0.558. The molecule has 0 saturated heterocycles. The second kappa shape index (κ2) is 32.8. The van der Waals surface area contributed by atoms with Crippen LogP contribution in [0.15, 0.2) is 0 Å². The van der Waals surface area contributed by atoms with Gasteiger partial charge in [-0.15, -0.1) is 0 Å². The molecule has 0 spiro atoms. The van der Waals surface area contributed by atoms with Crippen molar-refractivity contribution in [3.63, 3.8) is 0 Å². The number of carbonyl (C=O) groups excluding carboxylic acids is 1. The SMILES string of the molecule is CCCCCC([CH][CH][CH]C(C)O)(CCCCC)O[C-]=O.[C-]#[O+].[C-]#[O+].[C-]#[O+].[Fe]. The Morgan fingerprint density at radius 3 is 1.70 bits per heavy atom. The Morgan fingerprint density at radius 2 is 1.41 bits per heavy atom. The molecule has 155 valence electrons. The molecular weight excluding hydrogens is 392 g/mol. The van der Waals surface area contributed by atoms with Crippen LogP contribution in [0.1, 0.15) is 72.1 Å². The third-order valence-electron chi connectivity index (χ3n) is 3.44. The van der Waals surface area contributed by atoms with E-state index < -0.39 is 11.7 Å². The molecule has 27 heavy (non-hydrogen) atoms. The van der Waals surface area contributed by atoms with E-state index in [1.54, 1.807) is 26.2 Å². The van der Waals surface area contributed by atoms with E-state index in [4.69, 9.17) is 18.7 Å². The number of hydrogen-bond acceptors (Lipinski definition) is 3. The van der Waals surface area contributed by atoms with E-state index in [0.29, 0.717) is 0 Å². The Morgan fingerprint density at radius 1 is 1.00 bits per heavy atom. The molecule has 6 nitrogen and oxygen atoms in total. The Bertz CT molecular complexity index is 315. The van der Waals surface area contributed by atoms with Crippen LogP contribution in [0.2, 0.25) is 0 Å². The van der Waals surface area contributed by atoms with Crippen molar-refractivity contribution in [2.45, 2.75) is 83.8 Å². The quantitative estimate of drug-likeness (QED) is 0.199. The van der Waals surface area contributed by atoms with Gasteiger partial charge in [0, 0.05) is 23.5 Å². The maximum atomic E-state index is 10.7. The van der Waals surface area contributed by atoms with E-state index in [2.05, 4.69) is 33.8 Å². The molecule has 0 aliphatic carbocycles. The molecule has 0 saturated carbocycles. The Balaban J connectivity index is -0.000000208. The number of rotatable bonds is 14. The van der Waals surface area contributed by atoms with E-state index in [9.17, 15) is 9.90 Å². The first-order valence-corrected chi connectivity index (χ1v) is 8.47. The van der Waals surface area contributed by atoms with Crippen molar-refractivity contribution in [1.29, 1.82) is 0 Å². The van der Waals surface area contributed by atoms with Gasteiger partial charge in [0.25, 0.3) is 0 Å². The van der Waals surface area contributed by atoms with E-state index >= 15 is 0 Å². The van der Waals surface area contributed by atoms with Crippen LogP contribution < -0.4 is 0 Å². The minimum atomic E-state index is -0.558. The second-order valence-corrected chi connectivity index (χ2v) is 5.46. The summed E-state index contributed by atoms with van der Waals surface area (Å²) in [5, 5.41) is 9.28. The normalized spacial score (nSPS) is 10.0. The van der Waals surface area contributed by atoms with Gasteiger partial charge in [0.15, 0.2) is 0 Å². The van der Waals surface area contributed by atoms with Gasteiger partial charge in [-0.25, -0.2) is 0 Å². The van der Waals surface area contributed by atoms with Crippen LogP contribution in [0.3, 0.4) is 0 Å². The van der Waals surface area contributed by atoms with Gasteiger partial charge in [-0.1, -0.05) is 46.0 Å². The number of aliphatic hydroxyl groups is 1. The van der Waals surface area contributed by atoms with Crippen molar-refractivity contribution >= 4 is 6.47 Å². The molecule has 1 atom stereocenters. The number of aliphatic hydroxyl groups excluding tert-OH is 1. The topological polar surface area (TPSA) is 106 Å². The molecular formula is C20H30FeO6-. The van der Waals surface area contributed by atoms with E-state index in [1.165, 1.54) is 0 Å². The molecule has 0 bridgehead atoms. The van der Waals surface area contributed by atoms with Crippen molar-refractivity contribution in [1.82, 2.24) is 0 Å². The summed E-state index contributed by atoms with van der Waals surface area (Å²) in [6, 6.07) is 0. The van der Waals surface area contributed by atoms with Crippen molar-refractivity contribution in [2.75, 3.05) is 0 Å². The Hall–Kier alpha value is -0.831. The molecule has 0 aromatic rings. The van der Waals surface area contributed by atoms with Crippen molar-refractivity contribution in [2.24, 2.45) is 0 Å². The molecule has 0 aliphatic heterocycles. The summed E-state index contributed by atoms with van der Waals surface area (Å²) in [6.45, 7) is 21.1. The standard InChI is InChI=1S/C17H30O3.3CO.Fe/c1-4-6-8-12-17(20-15-18,13-9-7-5-2)14-10-11-16(3)19;3*1-2;/h10-11,14,16,19H,4-9,12-13H2,1-3H3;;;;/q-1;;;;. The summed E-state index contributed by atoms with van der Waals surface area (Å²) >= 11 is 0. The zero-order chi connectivity index (χ0) is 21.3. The van der Waals surface area contributed by atoms with E-state index in [-0.39, 0.29) is 17.1 Å². The molecule has 1 unspecified atom stereocenters. The van der Waals surface area contributed by atoms with Gasteiger partial charge < -0.3 is 14.6 Å². The van der Waals surface area contributed by atoms with Gasteiger partial charge in [0.05, 0.1) is 11.7 Å². The molecule has 0 rings (SSSR count). The fourth-order valence-electron chi connectivity index (χ4n) is 2.25. The van der Waals surface area contributed by atoms with Gasteiger partial charge in [-0.3, -0.25) is 0 Å². The largest absolute Gasteiger partial charge is 0 e. The van der Waals surface area contributed by atoms with Crippen molar-refractivity contribution in [3.8, 4) is 0 Å². The predicted molar refractivity (Wildman–Crippen MR) is 94.2 cm³/mol. The number of hydrogen-bond donors (Lipinski definition) is 1. The second-order valence-electron chi connectivity index (χ2n) is 5.46. The van der Waals surface area contributed by atoms with Crippen molar-refractivity contribution in [3.05, 3.63) is 39.2 Å². The summed E-state index contributed by atoms with van der Waals surface area (Å²) in [6.07, 6.45) is 13.2. The zero-order valence-electron chi connectivity index (χ0n) is 16.3. The van der Waals surface area contributed by atoms with Crippen LogP contribution in [0.4, 0.5) is 0 Å². The van der Waals surface area contributed by atoms with Crippen LogP contribution in [0.5, 0.6) is 0 Å². The first-order valence-electron chi connectivity index (χ1n) is 8.47. The molecule has 1 N–H and O–H groups in total. The van der Waals surface area contributed by atoms with Gasteiger partial charge >= 0.3 is 33.9 Å². The van der Waals surface area contributed by atoms with E-state index in [0.717, 1.165) is 51.4 Å². The summed E-state index contributed by atoms with van der Waals surface area (Å²) in [5.74, 6) is 0. The van der Waals surface area contributed by atoms with Gasteiger partial charge in [-0.05, 0) is 45.4 Å². The first kappa shape index (κ1) is 37.0. The van der Waals surface area contributed by atoms with Crippen LogP contribution in [-0.2, 0) is 40.6 Å². The predicted octanol–water partition coefficient (Wildman–Crippen LogP) is 3.85. The number of unbranched alkanes of at least 4 members (excludes halogenated alkanes) is 4. The molecule has 0 amide bonds. The fraction of sp³-hybridized carbons (Fsp3) is 0.650. The Kier molecular flexibility index (Phi) is 45.0. The monoisotopic (exact) mass is 422 g/mol. The summed E-state index contributed by atoms with van der Waals surface area (Å²) in [7, 11) is 0. The van der Waals surface area contributed by atoms with Crippen LogP contribution in [0.25, 0.3) is 0 Å².